The Morgan fingerprint density at radius 1 is 1.31 bits per heavy atom. The van der Waals surface area contributed by atoms with Crippen LogP contribution < -0.4 is 10.6 Å². The molecule has 0 aliphatic carbocycles. The predicted octanol–water partition coefficient (Wildman–Crippen LogP) is 1.06. The van der Waals surface area contributed by atoms with Crippen LogP contribution in [0.25, 0.3) is 5.65 Å². The van der Waals surface area contributed by atoms with Gasteiger partial charge in [0.05, 0.1) is 0 Å². The van der Waals surface area contributed by atoms with Crippen molar-refractivity contribution in [3.63, 3.8) is 0 Å². The van der Waals surface area contributed by atoms with E-state index in [9.17, 15) is 0 Å². The lowest BCUT2D eigenvalue weighted by Crippen LogP contribution is -2.21. The van der Waals surface area contributed by atoms with Crippen molar-refractivity contribution in [1.29, 1.82) is 0 Å². The number of aryl methyl sites for hydroxylation is 1. The van der Waals surface area contributed by atoms with Gasteiger partial charge < -0.3 is 10.6 Å². The number of fused-ring (bicyclic) bond motifs is 1. The molecule has 0 saturated heterocycles. The molecule has 2 N–H and O–H groups in total. The number of hydrogen-bond acceptors (Lipinski definition) is 4. The van der Waals surface area contributed by atoms with Gasteiger partial charge in [-0.1, -0.05) is 13.0 Å². The normalized spacial score (nSPS) is 10.9. The molecule has 5 nitrogen and oxygen atoms in total. The Morgan fingerprint density at radius 2 is 2.19 bits per heavy atom. The number of likely N-dealkylation sites (N-methyl/N-ethyl adjacent to an activating group) is 1. The van der Waals surface area contributed by atoms with Gasteiger partial charge >= 0.3 is 0 Å². The van der Waals surface area contributed by atoms with Crippen LogP contribution in [-0.2, 0) is 0 Å². The lowest BCUT2D eigenvalue weighted by molar-refractivity contribution is 0.736. The lowest BCUT2D eigenvalue weighted by atomic mass is 10.3. The van der Waals surface area contributed by atoms with Gasteiger partial charge in [0.1, 0.15) is 0 Å². The summed E-state index contributed by atoms with van der Waals surface area (Å²) in [5, 5.41) is 10.8. The summed E-state index contributed by atoms with van der Waals surface area (Å²) in [5.74, 6) is 0.684. The number of nitrogens with one attached hydrogen (secondary N) is 2. The van der Waals surface area contributed by atoms with E-state index in [-0.39, 0.29) is 0 Å². The number of anilines is 1. The average molecular weight is 219 g/mol. The van der Waals surface area contributed by atoms with Gasteiger partial charge in [0.2, 0.25) is 5.95 Å². The molecule has 0 fully saturated rings. The van der Waals surface area contributed by atoms with Crippen molar-refractivity contribution in [2.75, 3.05) is 25.0 Å². The highest BCUT2D eigenvalue weighted by Gasteiger charge is 2.01. The van der Waals surface area contributed by atoms with Crippen LogP contribution >= 0.6 is 0 Å². The molecule has 2 heterocycles. The minimum atomic E-state index is 0.684. The fourth-order valence-corrected chi connectivity index (χ4v) is 1.50. The van der Waals surface area contributed by atoms with Gasteiger partial charge in [-0.05, 0) is 25.1 Å². The van der Waals surface area contributed by atoms with E-state index in [0.29, 0.717) is 5.95 Å². The molecule has 2 aromatic heterocycles. The molecule has 0 atom stereocenters. The number of nitrogens with zero attached hydrogens (tertiary/aromatic N) is 3. The number of aromatic nitrogens is 3. The van der Waals surface area contributed by atoms with Crippen LogP contribution in [0.4, 0.5) is 5.95 Å². The zero-order chi connectivity index (χ0) is 11.4. The van der Waals surface area contributed by atoms with Crippen LogP contribution in [0.3, 0.4) is 0 Å². The van der Waals surface area contributed by atoms with E-state index in [0.717, 1.165) is 25.3 Å². The van der Waals surface area contributed by atoms with Gasteiger partial charge in [-0.15, -0.1) is 5.10 Å². The van der Waals surface area contributed by atoms with Crippen molar-refractivity contribution in [1.82, 2.24) is 19.9 Å². The Labute approximate surface area is 94.9 Å². The number of rotatable bonds is 5. The molecule has 0 bridgehead atoms. The molecule has 5 heteroatoms. The maximum Gasteiger partial charge on any atom is 0.243 e. The Balaban J connectivity index is 2.02. The van der Waals surface area contributed by atoms with Gasteiger partial charge in [-0.25, -0.2) is 4.52 Å². The summed E-state index contributed by atoms with van der Waals surface area (Å²) in [6.45, 7) is 6.87. The van der Waals surface area contributed by atoms with Crippen molar-refractivity contribution in [3.05, 3.63) is 23.9 Å². The monoisotopic (exact) mass is 219 g/mol. The van der Waals surface area contributed by atoms with E-state index in [1.54, 1.807) is 4.52 Å². The Hall–Kier alpha value is -1.62. The first-order valence-corrected chi connectivity index (χ1v) is 5.57. The van der Waals surface area contributed by atoms with Crippen LogP contribution in [0.2, 0.25) is 0 Å². The van der Waals surface area contributed by atoms with Crippen molar-refractivity contribution in [2.24, 2.45) is 0 Å². The van der Waals surface area contributed by atoms with E-state index >= 15 is 0 Å². The topological polar surface area (TPSA) is 54.2 Å². The van der Waals surface area contributed by atoms with Gasteiger partial charge in [0.25, 0.3) is 0 Å². The van der Waals surface area contributed by atoms with E-state index in [1.807, 2.05) is 25.3 Å². The Bertz CT molecular complexity index is 462. The summed E-state index contributed by atoms with van der Waals surface area (Å²) in [6.07, 6.45) is 1.97. The SMILES string of the molecule is CCNCCNc1nc2ccc(C)cn2n1. The second kappa shape index (κ2) is 4.94. The third-order valence-electron chi connectivity index (χ3n) is 2.31. The molecular weight excluding hydrogens is 202 g/mol. The van der Waals surface area contributed by atoms with E-state index in [4.69, 9.17) is 0 Å². The molecule has 0 radical (unpaired) electrons. The maximum absolute atomic E-state index is 4.36. The van der Waals surface area contributed by atoms with Gasteiger partial charge in [0.15, 0.2) is 5.65 Å². The van der Waals surface area contributed by atoms with Crippen LogP contribution in [0, 0.1) is 6.92 Å². The first-order valence-electron chi connectivity index (χ1n) is 5.57. The second-order valence-corrected chi connectivity index (χ2v) is 3.72. The van der Waals surface area contributed by atoms with Crippen molar-refractivity contribution in [2.45, 2.75) is 13.8 Å². The molecule has 0 aromatic carbocycles. The van der Waals surface area contributed by atoms with Gasteiger partial charge in [-0.2, -0.15) is 4.98 Å². The third kappa shape index (κ3) is 2.49. The molecule has 2 aromatic rings. The minimum Gasteiger partial charge on any atom is -0.352 e. The summed E-state index contributed by atoms with van der Waals surface area (Å²) in [6, 6.07) is 4.00. The summed E-state index contributed by atoms with van der Waals surface area (Å²) >= 11 is 0. The number of pyridine rings is 1. The molecule has 0 amide bonds. The van der Waals surface area contributed by atoms with E-state index in [1.165, 1.54) is 5.56 Å². The molecule has 0 unspecified atom stereocenters. The minimum absolute atomic E-state index is 0.684. The molecule has 0 aliphatic heterocycles. The molecule has 0 aliphatic rings. The quantitative estimate of drug-likeness (QED) is 0.738. The third-order valence-corrected chi connectivity index (χ3v) is 2.31. The van der Waals surface area contributed by atoms with Crippen molar-refractivity contribution in [3.8, 4) is 0 Å². The fourth-order valence-electron chi connectivity index (χ4n) is 1.50. The first-order chi connectivity index (χ1) is 7.79. The second-order valence-electron chi connectivity index (χ2n) is 3.72. The standard InChI is InChI=1S/C11H17N5/c1-3-12-6-7-13-11-14-10-5-4-9(2)8-16(10)15-11/h4-5,8,12H,3,6-7H2,1-2H3,(H,13,15). The summed E-state index contributed by atoms with van der Waals surface area (Å²) in [7, 11) is 0. The maximum atomic E-state index is 4.36. The Morgan fingerprint density at radius 3 is 3.00 bits per heavy atom. The van der Waals surface area contributed by atoms with Crippen molar-refractivity contribution >= 4 is 11.6 Å². The van der Waals surface area contributed by atoms with Gasteiger partial charge in [0, 0.05) is 19.3 Å². The number of hydrogen-bond donors (Lipinski definition) is 2. The average Bonchev–Trinajstić information content (AvgIpc) is 2.66. The van der Waals surface area contributed by atoms with Crippen LogP contribution in [0.1, 0.15) is 12.5 Å². The van der Waals surface area contributed by atoms with E-state index in [2.05, 4.69) is 27.6 Å². The fraction of sp³-hybridized carbons (Fsp3) is 0.455. The summed E-state index contributed by atoms with van der Waals surface area (Å²) in [4.78, 5) is 4.36. The van der Waals surface area contributed by atoms with E-state index < -0.39 is 0 Å². The Kier molecular flexibility index (Phi) is 3.36. The highest BCUT2D eigenvalue weighted by atomic mass is 15.3. The lowest BCUT2D eigenvalue weighted by Gasteiger charge is -2.00. The molecule has 0 spiro atoms. The highest BCUT2D eigenvalue weighted by molar-refractivity contribution is 5.43. The van der Waals surface area contributed by atoms with Crippen LogP contribution in [0.15, 0.2) is 18.3 Å². The largest absolute Gasteiger partial charge is 0.352 e. The van der Waals surface area contributed by atoms with Crippen molar-refractivity contribution < 1.29 is 0 Å². The van der Waals surface area contributed by atoms with Crippen LogP contribution in [0.5, 0.6) is 0 Å². The molecule has 16 heavy (non-hydrogen) atoms. The van der Waals surface area contributed by atoms with Crippen LogP contribution in [-0.4, -0.2) is 34.2 Å². The molecular formula is C11H17N5. The molecule has 2 rings (SSSR count). The first kappa shape index (κ1) is 10.9. The highest BCUT2D eigenvalue weighted by Crippen LogP contribution is 2.06. The van der Waals surface area contributed by atoms with Gasteiger partial charge in [-0.3, -0.25) is 0 Å². The zero-order valence-electron chi connectivity index (χ0n) is 9.70. The molecule has 0 saturated carbocycles. The summed E-state index contributed by atoms with van der Waals surface area (Å²) in [5.41, 5.74) is 2.05. The molecule has 86 valence electrons. The smallest absolute Gasteiger partial charge is 0.243 e. The summed E-state index contributed by atoms with van der Waals surface area (Å²) < 4.78 is 1.80. The zero-order valence-corrected chi connectivity index (χ0v) is 9.70. The predicted molar refractivity (Wildman–Crippen MR) is 64.8 cm³/mol.